The lowest BCUT2D eigenvalue weighted by molar-refractivity contribution is -0.122. The Morgan fingerprint density at radius 2 is 2.03 bits per heavy atom. The molecule has 5 rings (SSSR count). The number of nitrogens with one attached hydrogen (secondary N) is 2. The predicted molar refractivity (Wildman–Crippen MR) is 156 cm³/mol. The van der Waals surface area contributed by atoms with Crippen LogP contribution in [0.4, 0.5) is 9.80 Å². The van der Waals surface area contributed by atoms with E-state index in [-0.39, 0.29) is 17.9 Å². The fraction of sp³-hybridized carbons (Fsp3) is 0.519. The number of methoxy groups -OCH3 is 1. The zero-order valence-corrected chi connectivity index (χ0v) is 25.3. The number of ether oxygens (including phenoxy) is 2. The minimum Gasteiger partial charge on any atom is -0.444 e. The molecule has 1 aliphatic heterocycles. The first kappa shape index (κ1) is 27.5. The lowest BCUT2D eigenvalue weighted by atomic mass is 9.79. The molecule has 2 aromatic heterocycles. The number of amides is 2. The van der Waals surface area contributed by atoms with E-state index in [9.17, 15) is 9.59 Å². The molecule has 1 aromatic carbocycles. The van der Waals surface area contributed by atoms with Crippen molar-refractivity contribution in [2.24, 2.45) is 5.92 Å². The number of thiazole rings is 1. The maximum Gasteiger partial charge on any atom is 0.410 e. The van der Waals surface area contributed by atoms with Crippen molar-refractivity contribution in [2.75, 3.05) is 32.1 Å². The summed E-state index contributed by atoms with van der Waals surface area (Å²) in [4.78, 5) is 33.8. The van der Waals surface area contributed by atoms with Gasteiger partial charge in [-0.2, -0.15) is 0 Å². The number of rotatable bonds is 7. The number of aromatic nitrogens is 1. The molecule has 11 heteroatoms. The highest BCUT2D eigenvalue weighted by atomic mass is 79.9. The molecule has 1 fully saturated rings. The van der Waals surface area contributed by atoms with Crippen LogP contribution in [0.3, 0.4) is 0 Å². The summed E-state index contributed by atoms with van der Waals surface area (Å²) in [7, 11) is 1.69. The Kier molecular flexibility index (Phi) is 8.12. The molecule has 0 unspecified atom stereocenters. The van der Waals surface area contributed by atoms with E-state index in [4.69, 9.17) is 14.5 Å². The molecule has 2 amide bonds. The number of nitrogens with zero attached hydrogens (tertiary/aromatic N) is 2. The minimum atomic E-state index is -0.550. The molecule has 38 heavy (non-hydrogen) atoms. The Bertz CT molecular complexity index is 1340. The molecule has 1 aliphatic carbocycles. The lowest BCUT2D eigenvalue weighted by Gasteiger charge is -2.34. The number of hydrogen-bond donors (Lipinski definition) is 2. The number of carbonyl (C=O) groups excluding carboxylic acids is 2. The second-order valence-electron chi connectivity index (χ2n) is 10.8. The lowest BCUT2D eigenvalue weighted by Crippen LogP contribution is -2.46. The summed E-state index contributed by atoms with van der Waals surface area (Å²) in [6.45, 7) is 8.11. The van der Waals surface area contributed by atoms with Crippen LogP contribution in [0.5, 0.6) is 0 Å². The summed E-state index contributed by atoms with van der Waals surface area (Å²) < 4.78 is 12.8. The van der Waals surface area contributed by atoms with Crippen LogP contribution in [0.1, 0.15) is 44.1 Å². The van der Waals surface area contributed by atoms with Gasteiger partial charge in [0.1, 0.15) is 15.6 Å². The topological polar surface area (TPSA) is 92.8 Å². The fourth-order valence-electron chi connectivity index (χ4n) is 4.78. The average molecular weight is 622 g/mol. The van der Waals surface area contributed by atoms with Crippen molar-refractivity contribution in [3.63, 3.8) is 0 Å². The molecule has 1 saturated carbocycles. The molecule has 8 nitrogen and oxygen atoms in total. The van der Waals surface area contributed by atoms with E-state index in [0.29, 0.717) is 32.2 Å². The van der Waals surface area contributed by atoms with Crippen LogP contribution in [0.15, 0.2) is 22.7 Å². The summed E-state index contributed by atoms with van der Waals surface area (Å²) in [6, 6.07) is 6.42. The Labute approximate surface area is 239 Å². The minimum absolute atomic E-state index is 0.0217. The maximum atomic E-state index is 13.2. The van der Waals surface area contributed by atoms with Crippen molar-refractivity contribution in [3.8, 4) is 10.6 Å². The summed E-state index contributed by atoms with van der Waals surface area (Å²) in [5.41, 5.74) is 2.54. The number of halogens is 1. The molecule has 3 aromatic rings. The van der Waals surface area contributed by atoms with Gasteiger partial charge in [-0.1, -0.05) is 15.9 Å². The van der Waals surface area contributed by atoms with Gasteiger partial charge < -0.3 is 25.0 Å². The maximum absolute atomic E-state index is 13.2. The molecule has 2 aliphatic rings. The van der Waals surface area contributed by atoms with E-state index < -0.39 is 5.60 Å². The number of thiophene rings is 1. The fourth-order valence-corrected chi connectivity index (χ4v) is 7.71. The number of hydrogen-bond acceptors (Lipinski definition) is 8. The van der Waals surface area contributed by atoms with Gasteiger partial charge in [-0.05, 0) is 63.8 Å². The molecular weight excluding hydrogens is 588 g/mol. The molecule has 0 radical (unpaired) electrons. The van der Waals surface area contributed by atoms with Gasteiger partial charge in [0.15, 0.2) is 0 Å². The van der Waals surface area contributed by atoms with Crippen molar-refractivity contribution >= 4 is 65.8 Å². The van der Waals surface area contributed by atoms with E-state index >= 15 is 0 Å². The van der Waals surface area contributed by atoms with Crippen LogP contribution in [-0.2, 0) is 27.2 Å². The SMILES string of the molecule is COCCNC1CC(C(=O)Nc2sc3c(c2-c2nc4ccc(Br)cc4s2)CCN(C(=O)OC(C)(C)C)C3)C1. The van der Waals surface area contributed by atoms with Crippen LogP contribution < -0.4 is 10.6 Å². The van der Waals surface area contributed by atoms with Crippen molar-refractivity contribution < 1.29 is 19.1 Å². The normalized spacial score (nSPS) is 19.2. The third kappa shape index (κ3) is 6.07. The van der Waals surface area contributed by atoms with E-state index in [0.717, 1.165) is 60.1 Å². The van der Waals surface area contributed by atoms with Crippen molar-refractivity contribution in [1.29, 1.82) is 0 Å². The highest BCUT2D eigenvalue weighted by Crippen LogP contribution is 2.46. The molecule has 0 saturated heterocycles. The van der Waals surface area contributed by atoms with Crippen molar-refractivity contribution in [2.45, 2.75) is 58.2 Å². The number of carbonyl (C=O) groups is 2. The molecular formula is C27H33BrN4O4S2. The van der Waals surface area contributed by atoms with Crippen LogP contribution in [-0.4, -0.2) is 60.3 Å². The molecule has 0 spiro atoms. The third-order valence-corrected chi connectivity index (χ3v) is 9.42. The second-order valence-corrected chi connectivity index (χ2v) is 13.8. The van der Waals surface area contributed by atoms with Gasteiger partial charge in [-0.3, -0.25) is 4.79 Å². The zero-order chi connectivity index (χ0) is 27.0. The van der Waals surface area contributed by atoms with Crippen LogP contribution in [0.25, 0.3) is 20.8 Å². The van der Waals surface area contributed by atoms with E-state index in [2.05, 4.69) is 32.6 Å². The Balaban J connectivity index is 1.40. The van der Waals surface area contributed by atoms with E-state index in [1.54, 1.807) is 34.7 Å². The van der Waals surface area contributed by atoms with Gasteiger partial charge in [0, 0.05) is 47.1 Å². The first-order valence-electron chi connectivity index (χ1n) is 12.8. The largest absolute Gasteiger partial charge is 0.444 e. The molecule has 204 valence electrons. The zero-order valence-electron chi connectivity index (χ0n) is 22.1. The highest BCUT2D eigenvalue weighted by Gasteiger charge is 2.36. The van der Waals surface area contributed by atoms with Gasteiger partial charge in [-0.25, -0.2) is 9.78 Å². The van der Waals surface area contributed by atoms with Crippen LogP contribution in [0.2, 0.25) is 0 Å². The van der Waals surface area contributed by atoms with Gasteiger partial charge in [0.2, 0.25) is 5.91 Å². The standard InChI is InChI=1S/C27H33BrN4O4S2/c1-27(2,3)36-26(34)32-9-7-18-21(14-32)38-25(31-23(33)15-11-17(12-15)29-8-10-35-4)22(18)24-30-19-6-5-16(28)13-20(19)37-24/h5-6,13,15,17,29H,7-12,14H2,1-4H3,(H,31,33). The summed E-state index contributed by atoms with van der Waals surface area (Å²) in [6.07, 6.45) is 2.01. The Morgan fingerprint density at radius 1 is 1.24 bits per heavy atom. The van der Waals surface area contributed by atoms with Crippen LogP contribution >= 0.6 is 38.6 Å². The smallest absolute Gasteiger partial charge is 0.410 e. The molecule has 2 N–H and O–H groups in total. The monoisotopic (exact) mass is 620 g/mol. The molecule has 0 bridgehead atoms. The van der Waals surface area contributed by atoms with Crippen LogP contribution in [0, 0.1) is 5.92 Å². The van der Waals surface area contributed by atoms with Gasteiger partial charge in [0.25, 0.3) is 0 Å². The van der Waals surface area contributed by atoms with E-state index in [1.165, 1.54) is 0 Å². The molecule has 0 atom stereocenters. The summed E-state index contributed by atoms with van der Waals surface area (Å²) >= 11 is 6.73. The van der Waals surface area contributed by atoms with Crippen molar-refractivity contribution in [1.82, 2.24) is 15.2 Å². The molecule has 3 heterocycles. The average Bonchev–Trinajstić information content (AvgIpc) is 3.38. The third-order valence-electron chi connectivity index (χ3n) is 6.76. The first-order chi connectivity index (χ1) is 18.1. The summed E-state index contributed by atoms with van der Waals surface area (Å²) in [5.74, 6) is 0.0223. The van der Waals surface area contributed by atoms with Gasteiger partial charge >= 0.3 is 6.09 Å². The van der Waals surface area contributed by atoms with Crippen molar-refractivity contribution in [3.05, 3.63) is 33.1 Å². The quantitative estimate of drug-likeness (QED) is 0.313. The predicted octanol–water partition coefficient (Wildman–Crippen LogP) is 6.03. The highest BCUT2D eigenvalue weighted by molar-refractivity contribution is 9.10. The first-order valence-corrected chi connectivity index (χ1v) is 15.3. The van der Waals surface area contributed by atoms with Gasteiger partial charge in [0.05, 0.1) is 23.4 Å². The number of anilines is 1. The Morgan fingerprint density at radius 3 is 2.76 bits per heavy atom. The van der Waals surface area contributed by atoms with Gasteiger partial charge in [-0.15, -0.1) is 22.7 Å². The second kappa shape index (κ2) is 11.2. The number of benzene rings is 1. The Hall–Kier alpha value is -2.05. The van der Waals surface area contributed by atoms with E-state index in [1.807, 2.05) is 32.9 Å². The number of fused-ring (bicyclic) bond motifs is 2. The summed E-state index contributed by atoms with van der Waals surface area (Å²) in [5, 5.41) is 8.39.